The number of nitrogens with zero attached hydrogens (tertiary/aromatic N) is 2. The Morgan fingerprint density at radius 3 is 2.80 bits per heavy atom. The van der Waals surface area contributed by atoms with Gasteiger partial charge in [0, 0.05) is 23.7 Å². The largest absolute Gasteiger partial charge is 0.480 e. The van der Waals surface area contributed by atoms with Crippen molar-refractivity contribution < 1.29 is 14.7 Å². The molecule has 0 spiro atoms. The molecule has 1 saturated heterocycles. The second kappa shape index (κ2) is 4.83. The zero-order valence-electron chi connectivity index (χ0n) is 11.2. The summed E-state index contributed by atoms with van der Waals surface area (Å²) in [6.45, 7) is 1.67. The molecule has 2 unspecified atom stereocenters. The standard InChI is InChI=1S/C15H16N2O3/c1-17-7-6-9(8-17)13-12(15(19)20)14(18)10-4-2-3-5-11(10)16-13/h2-5,9,12H,6-8H2,1H3,(H,19,20). The Morgan fingerprint density at radius 2 is 2.15 bits per heavy atom. The fourth-order valence-electron chi connectivity index (χ4n) is 3.02. The van der Waals surface area contributed by atoms with Crippen molar-refractivity contribution in [3.8, 4) is 0 Å². The number of rotatable bonds is 2. The molecule has 0 aliphatic carbocycles. The maximum atomic E-state index is 12.4. The Bertz CT molecular complexity index is 609. The van der Waals surface area contributed by atoms with Crippen LogP contribution < -0.4 is 0 Å². The predicted octanol–water partition coefficient (Wildman–Crippen LogP) is 1.61. The Morgan fingerprint density at radius 1 is 1.40 bits per heavy atom. The topological polar surface area (TPSA) is 70.0 Å². The van der Waals surface area contributed by atoms with Crippen LogP contribution in [0.4, 0.5) is 5.69 Å². The quantitative estimate of drug-likeness (QED) is 0.830. The van der Waals surface area contributed by atoms with Gasteiger partial charge in [-0.2, -0.15) is 0 Å². The van der Waals surface area contributed by atoms with E-state index in [1.54, 1.807) is 18.2 Å². The molecule has 0 bridgehead atoms. The van der Waals surface area contributed by atoms with Gasteiger partial charge in [0.25, 0.3) is 0 Å². The van der Waals surface area contributed by atoms with E-state index in [1.807, 2.05) is 13.1 Å². The predicted molar refractivity (Wildman–Crippen MR) is 74.6 cm³/mol. The Labute approximate surface area is 116 Å². The molecule has 2 atom stereocenters. The summed E-state index contributed by atoms with van der Waals surface area (Å²) in [7, 11) is 1.99. The number of aliphatic carboxylic acids is 1. The Kier molecular flexibility index (Phi) is 3.14. The fraction of sp³-hybridized carbons (Fsp3) is 0.400. The first-order valence-corrected chi connectivity index (χ1v) is 6.71. The number of carboxylic acids is 1. The first kappa shape index (κ1) is 13.0. The molecular weight excluding hydrogens is 256 g/mol. The van der Waals surface area contributed by atoms with E-state index in [0.717, 1.165) is 19.5 Å². The van der Waals surface area contributed by atoms with Gasteiger partial charge < -0.3 is 10.0 Å². The molecule has 0 aromatic heterocycles. The third-order valence-corrected chi connectivity index (χ3v) is 4.03. The summed E-state index contributed by atoms with van der Waals surface area (Å²) in [6, 6.07) is 6.97. The molecule has 5 heteroatoms. The van der Waals surface area contributed by atoms with Crippen LogP contribution in [0, 0.1) is 11.8 Å². The van der Waals surface area contributed by atoms with Crippen LogP contribution in [0.25, 0.3) is 0 Å². The van der Waals surface area contributed by atoms with E-state index in [-0.39, 0.29) is 11.7 Å². The van der Waals surface area contributed by atoms with Gasteiger partial charge in [-0.3, -0.25) is 14.6 Å². The van der Waals surface area contributed by atoms with Crippen LogP contribution in [0.1, 0.15) is 16.8 Å². The average Bonchev–Trinajstić information content (AvgIpc) is 2.84. The molecular formula is C15H16N2O3. The maximum Gasteiger partial charge on any atom is 0.320 e. The van der Waals surface area contributed by atoms with Gasteiger partial charge in [0.1, 0.15) is 0 Å². The van der Waals surface area contributed by atoms with Crippen LogP contribution in [0.3, 0.4) is 0 Å². The number of likely N-dealkylation sites (tertiary alicyclic amines) is 1. The number of hydrogen-bond donors (Lipinski definition) is 1. The summed E-state index contributed by atoms with van der Waals surface area (Å²) in [4.78, 5) is 30.6. The molecule has 2 aliphatic rings. The van der Waals surface area contributed by atoms with Crippen LogP contribution in [0.5, 0.6) is 0 Å². The molecule has 5 nitrogen and oxygen atoms in total. The average molecular weight is 272 g/mol. The smallest absolute Gasteiger partial charge is 0.320 e. The first-order valence-electron chi connectivity index (χ1n) is 6.71. The summed E-state index contributed by atoms with van der Waals surface area (Å²) in [5.74, 6) is -2.51. The van der Waals surface area contributed by atoms with Gasteiger partial charge in [-0.15, -0.1) is 0 Å². The number of Topliss-reactive ketones (excluding diaryl/α,β-unsaturated/α-hetero) is 1. The van der Waals surface area contributed by atoms with E-state index in [4.69, 9.17) is 0 Å². The van der Waals surface area contributed by atoms with Gasteiger partial charge in [0.2, 0.25) is 0 Å². The van der Waals surface area contributed by atoms with Crippen molar-refractivity contribution in [3.05, 3.63) is 29.8 Å². The number of carboxylic acid groups (broad SMARTS) is 1. The van der Waals surface area contributed by atoms with Crippen molar-refractivity contribution in [2.45, 2.75) is 6.42 Å². The zero-order chi connectivity index (χ0) is 14.3. The Hall–Kier alpha value is -2.01. The van der Waals surface area contributed by atoms with Crippen LogP contribution in [0.15, 0.2) is 29.3 Å². The van der Waals surface area contributed by atoms with Crippen molar-refractivity contribution >= 4 is 23.2 Å². The molecule has 2 aliphatic heterocycles. The second-order valence-corrected chi connectivity index (χ2v) is 5.44. The zero-order valence-corrected chi connectivity index (χ0v) is 11.2. The van der Waals surface area contributed by atoms with Crippen LogP contribution in [0.2, 0.25) is 0 Å². The molecule has 2 heterocycles. The number of aliphatic imine (C=N–C) groups is 1. The minimum Gasteiger partial charge on any atom is -0.480 e. The SMILES string of the molecule is CN1CCC(C2=Nc3ccccc3C(=O)C2C(=O)O)C1. The first-order chi connectivity index (χ1) is 9.58. The highest BCUT2D eigenvalue weighted by Crippen LogP contribution is 2.33. The minimum absolute atomic E-state index is 0.0541. The van der Waals surface area contributed by atoms with E-state index < -0.39 is 11.9 Å². The van der Waals surface area contributed by atoms with Crippen LogP contribution in [-0.2, 0) is 4.79 Å². The fourth-order valence-corrected chi connectivity index (χ4v) is 3.02. The third kappa shape index (κ3) is 2.04. The van der Waals surface area contributed by atoms with Crippen molar-refractivity contribution in [1.29, 1.82) is 0 Å². The molecule has 1 fully saturated rings. The molecule has 1 N–H and O–H groups in total. The lowest BCUT2D eigenvalue weighted by Crippen LogP contribution is -2.39. The van der Waals surface area contributed by atoms with Crippen molar-refractivity contribution in [2.75, 3.05) is 20.1 Å². The van der Waals surface area contributed by atoms with E-state index in [2.05, 4.69) is 9.89 Å². The third-order valence-electron chi connectivity index (χ3n) is 4.03. The molecule has 20 heavy (non-hydrogen) atoms. The van der Waals surface area contributed by atoms with E-state index in [9.17, 15) is 14.7 Å². The van der Waals surface area contributed by atoms with E-state index in [1.165, 1.54) is 0 Å². The summed E-state index contributed by atoms with van der Waals surface area (Å²) in [6.07, 6.45) is 0.856. The number of benzene rings is 1. The van der Waals surface area contributed by atoms with Crippen LogP contribution >= 0.6 is 0 Å². The summed E-state index contributed by atoms with van der Waals surface area (Å²) >= 11 is 0. The molecule has 1 aromatic rings. The lowest BCUT2D eigenvalue weighted by Gasteiger charge is -2.24. The number of ketones is 1. The Balaban J connectivity index is 2.07. The van der Waals surface area contributed by atoms with Gasteiger partial charge in [-0.1, -0.05) is 12.1 Å². The van der Waals surface area contributed by atoms with Gasteiger partial charge in [-0.05, 0) is 32.1 Å². The highest BCUT2D eigenvalue weighted by atomic mass is 16.4. The number of fused-ring (bicyclic) bond motifs is 1. The number of hydrogen-bond acceptors (Lipinski definition) is 4. The van der Waals surface area contributed by atoms with Crippen molar-refractivity contribution in [3.63, 3.8) is 0 Å². The van der Waals surface area contributed by atoms with Gasteiger partial charge in [0.05, 0.1) is 5.69 Å². The van der Waals surface area contributed by atoms with Gasteiger partial charge in [-0.25, -0.2) is 0 Å². The normalized spacial score (nSPS) is 26.2. The minimum atomic E-state index is -1.12. The molecule has 3 rings (SSSR count). The monoisotopic (exact) mass is 272 g/mol. The molecule has 0 saturated carbocycles. The van der Waals surface area contributed by atoms with E-state index >= 15 is 0 Å². The molecule has 104 valence electrons. The number of carbonyl (C=O) groups excluding carboxylic acids is 1. The lowest BCUT2D eigenvalue weighted by atomic mass is 9.83. The number of carbonyl (C=O) groups is 2. The van der Waals surface area contributed by atoms with Gasteiger partial charge in [0.15, 0.2) is 11.7 Å². The van der Waals surface area contributed by atoms with Crippen LogP contribution in [-0.4, -0.2) is 47.6 Å². The summed E-state index contributed by atoms with van der Waals surface area (Å²) in [5.41, 5.74) is 1.53. The highest BCUT2D eigenvalue weighted by molar-refractivity contribution is 6.27. The van der Waals surface area contributed by atoms with Crippen molar-refractivity contribution in [2.24, 2.45) is 16.8 Å². The summed E-state index contributed by atoms with van der Waals surface area (Å²) < 4.78 is 0. The molecule has 0 radical (unpaired) electrons. The summed E-state index contributed by atoms with van der Waals surface area (Å²) in [5, 5.41) is 9.42. The second-order valence-electron chi connectivity index (χ2n) is 5.44. The highest BCUT2D eigenvalue weighted by Gasteiger charge is 2.41. The van der Waals surface area contributed by atoms with Gasteiger partial charge >= 0.3 is 5.97 Å². The lowest BCUT2D eigenvalue weighted by molar-refractivity contribution is -0.138. The molecule has 0 amide bonds. The van der Waals surface area contributed by atoms with E-state index in [0.29, 0.717) is 17.0 Å². The number of para-hydroxylation sites is 1. The molecule has 1 aromatic carbocycles. The maximum absolute atomic E-state index is 12.4. The van der Waals surface area contributed by atoms with Crippen molar-refractivity contribution in [1.82, 2.24) is 4.90 Å².